The molecule has 2 rings (SSSR count). The molecule has 1 aromatic carbocycles. The molecule has 2 aromatic rings. The first-order chi connectivity index (χ1) is 9.63. The lowest BCUT2D eigenvalue weighted by atomic mass is 10.1. The quantitative estimate of drug-likeness (QED) is 0.909. The van der Waals surface area contributed by atoms with Gasteiger partial charge in [0.05, 0.1) is 7.11 Å². The highest BCUT2D eigenvalue weighted by Crippen LogP contribution is 2.31. The van der Waals surface area contributed by atoms with Crippen LogP contribution in [0.2, 0.25) is 0 Å². The van der Waals surface area contributed by atoms with Crippen LogP contribution >= 0.6 is 0 Å². The highest BCUT2D eigenvalue weighted by molar-refractivity contribution is 5.45. The number of hydrogen-bond donors (Lipinski definition) is 1. The largest absolute Gasteiger partial charge is 0.504 e. The zero-order valence-electron chi connectivity index (χ0n) is 12.1. The molecule has 1 aromatic heterocycles. The van der Waals surface area contributed by atoms with E-state index in [1.54, 1.807) is 25.6 Å². The van der Waals surface area contributed by atoms with Gasteiger partial charge in [-0.25, -0.2) is 0 Å². The zero-order valence-corrected chi connectivity index (χ0v) is 12.1. The van der Waals surface area contributed by atoms with Gasteiger partial charge in [0.15, 0.2) is 11.5 Å². The Hall–Kier alpha value is -2.07. The van der Waals surface area contributed by atoms with Crippen molar-refractivity contribution in [3.8, 4) is 11.5 Å². The van der Waals surface area contributed by atoms with Crippen LogP contribution in [0.25, 0.3) is 0 Å². The van der Waals surface area contributed by atoms with Crippen molar-refractivity contribution in [3.05, 3.63) is 53.9 Å². The topological polar surface area (TPSA) is 45.6 Å². The van der Waals surface area contributed by atoms with Crippen LogP contribution in [0, 0.1) is 0 Å². The van der Waals surface area contributed by atoms with Gasteiger partial charge < -0.3 is 9.84 Å². The van der Waals surface area contributed by atoms with Gasteiger partial charge in [-0.15, -0.1) is 0 Å². The fourth-order valence-electron chi connectivity index (χ4n) is 2.16. The molecule has 0 radical (unpaired) electrons. The molecular weight excluding hydrogens is 252 g/mol. The van der Waals surface area contributed by atoms with Crippen molar-refractivity contribution >= 4 is 0 Å². The number of phenols is 1. The molecule has 1 atom stereocenters. The highest BCUT2D eigenvalue weighted by Gasteiger charge is 2.15. The van der Waals surface area contributed by atoms with E-state index < -0.39 is 0 Å². The Morgan fingerprint density at radius 1 is 1.25 bits per heavy atom. The molecule has 0 bridgehead atoms. The van der Waals surface area contributed by atoms with E-state index in [2.05, 4.69) is 16.8 Å². The van der Waals surface area contributed by atoms with Gasteiger partial charge in [0.25, 0.3) is 0 Å². The molecule has 1 heterocycles. The highest BCUT2D eigenvalue weighted by atomic mass is 16.5. The summed E-state index contributed by atoms with van der Waals surface area (Å²) in [4.78, 5) is 6.20. The van der Waals surface area contributed by atoms with Gasteiger partial charge >= 0.3 is 0 Å². The molecule has 0 aliphatic rings. The second kappa shape index (κ2) is 6.39. The summed E-state index contributed by atoms with van der Waals surface area (Å²) in [6.45, 7) is 2.78. The minimum absolute atomic E-state index is 0.212. The standard InChI is InChI=1S/C16H20N2O2/c1-12(13-7-9-17-10-8-13)18(2)11-14-5-4-6-15(20-3)16(14)19/h4-10,12,19H,11H2,1-3H3/t12-/m0/s1. The second-order valence-electron chi connectivity index (χ2n) is 4.84. The maximum atomic E-state index is 10.1. The zero-order chi connectivity index (χ0) is 14.5. The first-order valence-electron chi connectivity index (χ1n) is 6.58. The molecule has 0 spiro atoms. The van der Waals surface area contributed by atoms with Crippen LogP contribution in [0.15, 0.2) is 42.7 Å². The van der Waals surface area contributed by atoms with E-state index in [1.165, 1.54) is 5.56 Å². The number of para-hydroxylation sites is 1. The number of ether oxygens (including phenoxy) is 1. The molecule has 1 N–H and O–H groups in total. The molecule has 0 amide bonds. The number of pyridine rings is 1. The normalized spacial score (nSPS) is 12.4. The summed E-state index contributed by atoms with van der Waals surface area (Å²) in [6.07, 6.45) is 3.59. The summed E-state index contributed by atoms with van der Waals surface area (Å²) in [6, 6.07) is 9.81. The lowest BCUT2D eigenvalue weighted by molar-refractivity contribution is 0.248. The van der Waals surface area contributed by atoms with E-state index in [9.17, 15) is 5.11 Å². The summed E-state index contributed by atoms with van der Waals surface area (Å²) < 4.78 is 5.14. The SMILES string of the molecule is COc1cccc(CN(C)[C@@H](C)c2ccncc2)c1O. The van der Waals surface area contributed by atoms with Crippen LogP contribution in [0.4, 0.5) is 0 Å². The van der Waals surface area contributed by atoms with Gasteiger partial charge in [-0.1, -0.05) is 12.1 Å². The minimum Gasteiger partial charge on any atom is -0.504 e. The predicted octanol–water partition coefficient (Wildman–Crippen LogP) is 2.99. The molecule has 0 unspecified atom stereocenters. The van der Waals surface area contributed by atoms with Crippen molar-refractivity contribution in [2.75, 3.05) is 14.2 Å². The molecule has 4 nitrogen and oxygen atoms in total. The molecule has 0 fully saturated rings. The van der Waals surface area contributed by atoms with Gasteiger partial charge in [-0.2, -0.15) is 0 Å². The fraction of sp³-hybridized carbons (Fsp3) is 0.312. The van der Waals surface area contributed by atoms with E-state index in [-0.39, 0.29) is 11.8 Å². The third-order valence-corrected chi connectivity index (χ3v) is 3.57. The molecule has 20 heavy (non-hydrogen) atoms. The number of hydrogen-bond acceptors (Lipinski definition) is 4. The van der Waals surface area contributed by atoms with Gasteiger partial charge in [-0.05, 0) is 37.7 Å². The average Bonchev–Trinajstić information content (AvgIpc) is 2.49. The van der Waals surface area contributed by atoms with Crippen LogP contribution in [-0.2, 0) is 6.54 Å². The third-order valence-electron chi connectivity index (χ3n) is 3.57. The van der Waals surface area contributed by atoms with Gasteiger partial charge in [0.1, 0.15) is 0 Å². The minimum atomic E-state index is 0.212. The summed E-state index contributed by atoms with van der Waals surface area (Å²) >= 11 is 0. The van der Waals surface area contributed by atoms with Crippen molar-refractivity contribution in [1.29, 1.82) is 0 Å². The number of methoxy groups -OCH3 is 1. The smallest absolute Gasteiger partial charge is 0.162 e. The van der Waals surface area contributed by atoms with Crippen LogP contribution in [0.5, 0.6) is 11.5 Å². The molecule has 0 aliphatic heterocycles. The maximum absolute atomic E-state index is 10.1. The lowest BCUT2D eigenvalue weighted by Gasteiger charge is -2.25. The number of rotatable bonds is 5. The summed E-state index contributed by atoms with van der Waals surface area (Å²) in [5.41, 5.74) is 2.05. The molecule has 106 valence electrons. The van der Waals surface area contributed by atoms with Crippen LogP contribution in [0.3, 0.4) is 0 Å². The number of aromatic hydroxyl groups is 1. The Kier molecular flexibility index (Phi) is 4.58. The fourth-order valence-corrected chi connectivity index (χ4v) is 2.16. The first-order valence-corrected chi connectivity index (χ1v) is 6.58. The maximum Gasteiger partial charge on any atom is 0.162 e. The van der Waals surface area contributed by atoms with Crippen molar-refractivity contribution in [3.63, 3.8) is 0 Å². The van der Waals surface area contributed by atoms with E-state index in [0.717, 1.165) is 5.56 Å². The van der Waals surface area contributed by atoms with E-state index in [4.69, 9.17) is 4.74 Å². The monoisotopic (exact) mass is 272 g/mol. The van der Waals surface area contributed by atoms with Gasteiger partial charge in [0.2, 0.25) is 0 Å². The van der Waals surface area contributed by atoms with Crippen molar-refractivity contribution in [2.45, 2.75) is 19.5 Å². The Morgan fingerprint density at radius 3 is 2.60 bits per heavy atom. The van der Waals surface area contributed by atoms with Crippen molar-refractivity contribution in [2.24, 2.45) is 0 Å². The second-order valence-corrected chi connectivity index (χ2v) is 4.84. The number of benzene rings is 1. The predicted molar refractivity (Wildman–Crippen MR) is 78.8 cm³/mol. The molecular formula is C16H20N2O2. The molecule has 0 saturated heterocycles. The van der Waals surface area contributed by atoms with E-state index >= 15 is 0 Å². The Bertz CT molecular complexity index is 558. The number of phenolic OH excluding ortho intramolecular Hbond substituents is 1. The summed E-state index contributed by atoms with van der Waals surface area (Å²) in [5.74, 6) is 0.719. The van der Waals surface area contributed by atoms with E-state index in [1.807, 2.05) is 31.3 Å². The molecule has 4 heteroatoms. The molecule has 0 aliphatic carbocycles. The van der Waals surface area contributed by atoms with Gasteiger partial charge in [-0.3, -0.25) is 9.88 Å². The van der Waals surface area contributed by atoms with E-state index in [0.29, 0.717) is 12.3 Å². The number of aromatic nitrogens is 1. The van der Waals surface area contributed by atoms with Crippen molar-refractivity contribution < 1.29 is 9.84 Å². The van der Waals surface area contributed by atoms with Crippen LogP contribution in [-0.4, -0.2) is 29.1 Å². The van der Waals surface area contributed by atoms with Crippen LogP contribution in [0.1, 0.15) is 24.1 Å². The Labute approximate surface area is 119 Å². The number of nitrogens with zero attached hydrogens (tertiary/aromatic N) is 2. The van der Waals surface area contributed by atoms with Crippen molar-refractivity contribution in [1.82, 2.24) is 9.88 Å². The Morgan fingerprint density at radius 2 is 1.95 bits per heavy atom. The third kappa shape index (κ3) is 3.08. The first kappa shape index (κ1) is 14.3. The summed E-state index contributed by atoms with van der Waals surface area (Å²) in [5, 5.41) is 10.1. The Balaban J connectivity index is 2.14. The van der Waals surface area contributed by atoms with Gasteiger partial charge in [0, 0.05) is 30.5 Å². The molecule has 0 saturated carbocycles. The lowest BCUT2D eigenvalue weighted by Crippen LogP contribution is -2.22. The summed E-state index contributed by atoms with van der Waals surface area (Å²) in [7, 11) is 3.59. The average molecular weight is 272 g/mol. The van der Waals surface area contributed by atoms with Crippen LogP contribution < -0.4 is 4.74 Å².